The summed E-state index contributed by atoms with van der Waals surface area (Å²) in [5, 5.41) is 19.6. The molecule has 2 bridgehead atoms. The van der Waals surface area contributed by atoms with Crippen molar-refractivity contribution in [1.82, 2.24) is 9.88 Å². The van der Waals surface area contributed by atoms with Crippen LogP contribution in [-0.4, -0.2) is 39.3 Å². The summed E-state index contributed by atoms with van der Waals surface area (Å²) < 4.78 is 6.18. The highest BCUT2D eigenvalue weighted by molar-refractivity contribution is 7.14. The zero-order chi connectivity index (χ0) is 18.3. The summed E-state index contributed by atoms with van der Waals surface area (Å²) >= 11 is 1.58. The summed E-state index contributed by atoms with van der Waals surface area (Å²) in [6.07, 6.45) is 4.17. The number of ether oxygens (including phenoxy) is 1. The first-order valence-corrected chi connectivity index (χ1v) is 9.51. The van der Waals surface area contributed by atoms with E-state index in [-0.39, 0.29) is 18.2 Å². The van der Waals surface area contributed by atoms with Crippen LogP contribution >= 0.6 is 11.3 Å². The minimum Gasteiger partial charge on any atom is -0.490 e. The molecule has 4 rings (SSSR count). The quantitative estimate of drug-likeness (QED) is 0.882. The molecule has 0 aliphatic carbocycles. The van der Waals surface area contributed by atoms with Gasteiger partial charge in [0.05, 0.1) is 11.6 Å². The maximum atomic E-state index is 11.4. The fourth-order valence-corrected chi connectivity index (χ4v) is 4.82. The number of aryl methyl sites for hydroxylation is 1. The Bertz CT molecular complexity index is 874. The Balaban J connectivity index is 1.56. The number of nitrogens with zero attached hydrogens (tertiary/aromatic N) is 3. The van der Waals surface area contributed by atoms with Crippen LogP contribution in [0.3, 0.4) is 0 Å². The maximum absolute atomic E-state index is 11.4. The van der Waals surface area contributed by atoms with Crippen molar-refractivity contribution in [2.45, 2.75) is 50.8 Å². The number of benzene rings is 1. The SMILES string of the molecule is Cc1cnc(-c2cc(C#N)cc(O[C@@H]3C[C@H]4CC[C@@H](C3)N4C(=O)O)c2)s1. The van der Waals surface area contributed by atoms with Gasteiger partial charge in [-0.05, 0) is 38.0 Å². The van der Waals surface area contributed by atoms with Crippen molar-refractivity contribution in [2.75, 3.05) is 0 Å². The summed E-state index contributed by atoms with van der Waals surface area (Å²) in [4.78, 5) is 18.5. The molecule has 6 nitrogen and oxygen atoms in total. The second kappa shape index (κ2) is 6.61. The van der Waals surface area contributed by atoms with Gasteiger partial charge in [0, 0.05) is 41.6 Å². The zero-order valence-electron chi connectivity index (χ0n) is 14.4. The molecule has 2 saturated heterocycles. The van der Waals surface area contributed by atoms with E-state index < -0.39 is 6.09 Å². The Labute approximate surface area is 155 Å². The highest BCUT2D eigenvalue weighted by atomic mass is 32.1. The lowest BCUT2D eigenvalue weighted by atomic mass is 10.00. The van der Waals surface area contributed by atoms with Crippen LogP contribution in [0.5, 0.6) is 5.75 Å². The van der Waals surface area contributed by atoms with Crippen molar-refractivity contribution in [1.29, 1.82) is 5.26 Å². The second-order valence-electron chi connectivity index (χ2n) is 6.92. The molecule has 1 aromatic carbocycles. The molecular weight excluding hydrogens is 350 g/mol. The predicted octanol–water partition coefficient (Wildman–Crippen LogP) is 4.04. The largest absolute Gasteiger partial charge is 0.490 e. The van der Waals surface area contributed by atoms with E-state index in [1.54, 1.807) is 22.3 Å². The Morgan fingerprint density at radius 2 is 2.08 bits per heavy atom. The van der Waals surface area contributed by atoms with Gasteiger partial charge < -0.3 is 14.7 Å². The van der Waals surface area contributed by atoms with Crippen LogP contribution in [0, 0.1) is 18.3 Å². The molecule has 0 spiro atoms. The number of piperidine rings is 1. The Hall–Kier alpha value is -2.59. The Kier molecular flexibility index (Phi) is 4.29. The van der Waals surface area contributed by atoms with Gasteiger partial charge in [0.15, 0.2) is 0 Å². The minimum atomic E-state index is -0.830. The molecule has 2 aromatic rings. The number of fused-ring (bicyclic) bond motifs is 2. The lowest BCUT2D eigenvalue weighted by Gasteiger charge is -2.37. The summed E-state index contributed by atoms with van der Waals surface area (Å²) in [7, 11) is 0. The van der Waals surface area contributed by atoms with Crippen LogP contribution in [0.25, 0.3) is 10.6 Å². The first kappa shape index (κ1) is 16.9. The molecule has 26 heavy (non-hydrogen) atoms. The first-order chi connectivity index (χ1) is 12.5. The molecule has 1 aromatic heterocycles. The van der Waals surface area contributed by atoms with Gasteiger partial charge in [-0.3, -0.25) is 0 Å². The van der Waals surface area contributed by atoms with Crippen LogP contribution in [0.2, 0.25) is 0 Å². The van der Waals surface area contributed by atoms with Gasteiger partial charge in [0.25, 0.3) is 0 Å². The Morgan fingerprint density at radius 1 is 1.35 bits per heavy atom. The van der Waals surface area contributed by atoms with Crippen LogP contribution in [0.15, 0.2) is 24.4 Å². The second-order valence-corrected chi connectivity index (χ2v) is 8.15. The van der Waals surface area contributed by atoms with Crippen LogP contribution in [-0.2, 0) is 0 Å². The van der Waals surface area contributed by atoms with E-state index in [9.17, 15) is 15.2 Å². The number of amides is 1. The Morgan fingerprint density at radius 3 is 2.65 bits per heavy atom. The molecule has 2 aliphatic rings. The van der Waals surface area contributed by atoms with E-state index in [0.717, 1.165) is 28.3 Å². The normalized spacial score (nSPS) is 24.3. The lowest BCUT2D eigenvalue weighted by Crippen LogP contribution is -2.48. The zero-order valence-corrected chi connectivity index (χ0v) is 15.2. The summed E-state index contributed by atoms with van der Waals surface area (Å²) in [5.41, 5.74) is 1.42. The third-order valence-electron chi connectivity index (χ3n) is 5.12. The van der Waals surface area contributed by atoms with Crippen LogP contribution in [0.4, 0.5) is 4.79 Å². The third kappa shape index (κ3) is 3.13. The topological polar surface area (TPSA) is 86.5 Å². The molecule has 1 amide bonds. The maximum Gasteiger partial charge on any atom is 0.407 e. The summed E-state index contributed by atoms with van der Waals surface area (Å²) in [6, 6.07) is 7.75. The van der Waals surface area contributed by atoms with Crippen molar-refractivity contribution in [3.8, 4) is 22.4 Å². The number of carboxylic acid groups (broad SMARTS) is 1. The van der Waals surface area contributed by atoms with Gasteiger partial charge >= 0.3 is 6.09 Å². The third-order valence-corrected chi connectivity index (χ3v) is 6.08. The van der Waals surface area contributed by atoms with E-state index in [1.165, 1.54) is 0 Å². The molecule has 3 atom stereocenters. The number of hydrogen-bond donors (Lipinski definition) is 1. The number of aromatic nitrogens is 1. The van der Waals surface area contributed by atoms with E-state index >= 15 is 0 Å². The van der Waals surface area contributed by atoms with E-state index in [0.29, 0.717) is 24.2 Å². The van der Waals surface area contributed by atoms with Crippen molar-refractivity contribution in [3.05, 3.63) is 34.8 Å². The number of carbonyl (C=O) groups is 1. The van der Waals surface area contributed by atoms with Crippen molar-refractivity contribution >= 4 is 17.4 Å². The van der Waals surface area contributed by atoms with Gasteiger partial charge in [0.2, 0.25) is 0 Å². The first-order valence-electron chi connectivity index (χ1n) is 8.69. The van der Waals surface area contributed by atoms with Gasteiger partial charge in [-0.1, -0.05) is 0 Å². The van der Waals surface area contributed by atoms with Crippen molar-refractivity contribution in [2.24, 2.45) is 0 Å². The molecule has 2 aliphatic heterocycles. The summed E-state index contributed by atoms with van der Waals surface area (Å²) in [6.45, 7) is 2.00. The average Bonchev–Trinajstić information content (AvgIpc) is 3.16. The number of thiazole rings is 1. The van der Waals surface area contributed by atoms with Crippen LogP contribution in [0.1, 0.15) is 36.1 Å². The number of rotatable bonds is 3. The molecule has 0 unspecified atom stereocenters. The summed E-state index contributed by atoms with van der Waals surface area (Å²) in [5.74, 6) is 0.653. The molecule has 1 N–H and O–H groups in total. The smallest absolute Gasteiger partial charge is 0.407 e. The highest BCUT2D eigenvalue weighted by Crippen LogP contribution is 2.38. The fourth-order valence-electron chi connectivity index (χ4n) is 4.07. The van der Waals surface area contributed by atoms with Gasteiger partial charge in [-0.15, -0.1) is 11.3 Å². The fraction of sp³-hybridized carbons (Fsp3) is 0.421. The van der Waals surface area contributed by atoms with Crippen LogP contribution < -0.4 is 4.74 Å². The average molecular weight is 369 g/mol. The van der Waals surface area contributed by atoms with Crippen molar-refractivity contribution < 1.29 is 14.6 Å². The molecular formula is C19H19N3O3S. The molecule has 134 valence electrons. The monoisotopic (exact) mass is 369 g/mol. The molecule has 2 fully saturated rings. The minimum absolute atomic E-state index is 0.0251. The van der Waals surface area contributed by atoms with E-state index in [2.05, 4.69) is 11.1 Å². The van der Waals surface area contributed by atoms with Crippen molar-refractivity contribution in [3.63, 3.8) is 0 Å². The number of hydrogen-bond acceptors (Lipinski definition) is 5. The van der Waals surface area contributed by atoms with E-state index in [4.69, 9.17) is 4.74 Å². The standard InChI is InChI=1S/C19H19N3O3S/c1-11-10-21-18(26-11)13-4-12(9-20)5-16(6-13)25-17-7-14-2-3-15(8-17)22(14)19(23)24/h4-6,10,14-15,17H,2-3,7-8H2,1H3,(H,23,24)/t14-,15+,17-. The molecule has 7 heteroatoms. The molecule has 0 radical (unpaired) electrons. The van der Waals surface area contributed by atoms with E-state index in [1.807, 2.05) is 25.3 Å². The van der Waals surface area contributed by atoms with Gasteiger partial charge in [-0.25, -0.2) is 9.78 Å². The predicted molar refractivity (Wildman–Crippen MR) is 97.3 cm³/mol. The highest BCUT2D eigenvalue weighted by Gasteiger charge is 2.44. The molecule has 3 heterocycles. The van der Waals surface area contributed by atoms with Gasteiger partial charge in [0.1, 0.15) is 16.9 Å². The lowest BCUT2D eigenvalue weighted by molar-refractivity contribution is 0.0496. The number of nitriles is 1. The molecule has 0 saturated carbocycles. The van der Waals surface area contributed by atoms with Gasteiger partial charge in [-0.2, -0.15) is 5.26 Å².